The zero-order valence-corrected chi connectivity index (χ0v) is 9.81. The van der Waals surface area contributed by atoms with Gasteiger partial charge in [0.15, 0.2) is 5.82 Å². The van der Waals surface area contributed by atoms with Crippen molar-refractivity contribution in [2.24, 2.45) is 0 Å². The zero-order valence-electron chi connectivity index (χ0n) is 9.81. The molecule has 0 bridgehead atoms. The summed E-state index contributed by atoms with van der Waals surface area (Å²) in [5.41, 5.74) is 0.577. The standard InChI is InChI=1S/C12H11F3N2O2/c13-12(14,15)6-5-10-16-11(19-17-10)7-8-3-1-2-4-9(8)18/h1-4,18H,5-7H2. The number of phenolic OH excluding ortho intramolecular Hbond substituents is 1. The highest BCUT2D eigenvalue weighted by molar-refractivity contribution is 5.33. The molecule has 0 saturated carbocycles. The van der Waals surface area contributed by atoms with Crippen LogP contribution in [0.5, 0.6) is 5.75 Å². The third-order valence-electron chi connectivity index (χ3n) is 2.48. The molecule has 2 rings (SSSR count). The predicted octanol–water partition coefficient (Wildman–Crippen LogP) is 2.86. The van der Waals surface area contributed by atoms with E-state index >= 15 is 0 Å². The van der Waals surface area contributed by atoms with Crippen molar-refractivity contribution in [3.05, 3.63) is 41.5 Å². The highest BCUT2D eigenvalue weighted by Crippen LogP contribution is 2.22. The first-order chi connectivity index (χ1) is 8.94. The van der Waals surface area contributed by atoms with Crippen LogP contribution in [0.15, 0.2) is 28.8 Å². The summed E-state index contributed by atoms with van der Waals surface area (Å²) in [4.78, 5) is 3.86. The van der Waals surface area contributed by atoms with Crippen molar-refractivity contribution in [3.63, 3.8) is 0 Å². The van der Waals surface area contributed by atoms with Gasteiger partial charge >= 0.3 is 6.18 Å². The van der Waals surface area contributed by atoms with E-state index in [1.165, 1.54) is 6.07 Å². The van der Waals surface area contributed by atoms with Gasteiger partial charge in [-0.1, -0.05) is 23.4 Å². The molecule has 0 saturated heterocycles. The predicted molar refractivity (Wildman–Crippen MR) is 59.6 cm³/mol. The lowest BCUT2D eigenvalue weighted by Gasteiger charge is -2.02. The number of hydrogen-bond acceptors (Lipinski definition) is 4. The van der Waals surface area contributed by atoms with Crippen molar-refractivity contribution >= 4 is 0 Å². The van der Waals surface area contributed by atoms with Gasteiger partial charge in [-0.3, -0.25) is 0 Å². The lowest BCUT2D eigenvalue weighted by molar-refractivity contribution is -0.134. The van der Waals surface area contributed by atoms with Gasteiger partial charge in [0.2, 0.25) is 5.89 Å². The fourth-order valence-electron chi connectivity index (χ4n) is 1.54. The van der Waals surface area contributed by atoms with Crippen LogP contribution in [0.1, 0.15) is 23.7 Å². The minimum atomic E-state index is -4.24. The molecule has 0 atom stereocenters. The van der Waals surface area contributed by atoms with Crippen LogP contribution in [-0.2, 0) is 12.8 Å². The van der Waals surface area contributed by atoms with Crippen LogP contribution in [-0.4, -0.2) is 21.4 Å². The molecule has 0 amide bonds. The van der Waals surface area contributed by atoms with Crippen LogP contribution < -0.4 is 0 Å². The van der Waals surface area contributed by atoms with Gasteiger partial charge < -0.3 is 9.63 Å². The van der Waals surface area contributed by atoms with E-state index < -0.39 is 12.6 Å². The van der Waals surface area contributed by atoms with Crippen molar-refractivity contribution in [3.8, 4) is 5.75 Å². The highest BCUT2D eigenvalue weighted by Gasteiger charge is 2.27. The number of aromatic hydroxyl groups is 1. The maximum Gasteiger partial charge on any atom is 0.389 e. The molecular weight excluding hydrogens is 261 g/mol. The maximum absolute atomic E-state index is 12.0. The Balaban J connectivity index is 2.00. The number of hydrogen-bond donors (Lipinski definition) is 1. The first kappa shape index (κ1) is 13.4. The van der Waals surface area contributed by atoms with E-state index in [4.69, 9.17) is 4.52 Å². The molecule has 0 aliphatic carbocycles. The lowest BCUT2D eigenvalue weighted by Crippen LogP contribution is -2.09. The number of aromatic nitrogens is 2. The van der Waals surface area contributed by atoms with Crippen molar-refractivity contribution in [2.75, 3.05) is 0 Å². The number of phenols is 1. The van der Waals surface area contributed by atoms with E-state index in [-0.39, 0.29) is 30.3 Å². The summed E-state index contributed by atoms with van der Waals surface area (Å²) in [5, 5.41) is 13.0. The molecule has 2 aromatic rings. The molecule has 7 heteroatoms. The van der Waals surface area contributed by atoms with Gasteiger partial charge in [-0.05, 0) is 6.07 Å². The average Bonchev–Trinajstić information content (AvgIpc) is 2.77. The van der Waals surface area contributed by atoms with E-state index in [0.717, 1.165) is 0 Å². The van der Waals surface area contributed by atoms with Gasteiger partial charge in [-0.25, -0.2) is 0 Å². The molecule has 0 aliphatic rings. The summed E-state index contributed by atoms with van der Waals surface area (Å²) in [6.07, 6.45) is -5.35. The molecule has 0 fully saturated rings. The monoisotopic (exact) mass is 272 g/mol. The number of para-hydroxylation sites is 1. The molecule has 4 nitrogen and oxygen atoms in total. The Morgan fingerprint density at radius 2 is 1.95 bits per heavy atom. The maximum atomic E-state index is 12.0. The second-order valence-corrected chi connectivity index (χ2v) is 4.03. The number of benzene rings is 1. The normalized spacial score (nSPS) is 11.7. The molecule has 1 aromatic heterocycles. The van der Waals surface area contributed by atoms with Crippen LogP contribution in [0, 0.1) is 0 Å². The Bertz CT molecular complexity index is 552. The summed E-state index contributed by atoms with van der Waals surface area (Å²) in [7, 11) is 0. The van der Waals surface area contributed by atoms with Crippen LogP contribution in [0.3, 0.4) is 0 Å². The highest BCUT2D eigenvalue weighted by atomic mass is 19.4. The minimum absolute atomic E-state index is 0.0164. The van der Waals surface area contributed by atoms with E-state index in [1.807, 2.05) is 0 Å². The largest absolute Gasteiger partial charge is 0.508 e. The fraction of sp³-hybridized carbons (Fsp3) is 0.333. The van der Waals surface area contributed by atoms with E-state index in [0.29, 0.717) is 5.56 Å². The SMILES string of the molecule is Oc1ccccc1Cc1nc(CCC(F)(F)F)no1. The second-order valence-electron chi connectivity index (χ2n) is 4.03. The summed E-state index contributed by atoms with van der Waals surface area (Å²) < 4.78 is 40.9. The smallest absolute Gasteiger partial charge is 0.389 e. The Kier molecular flexibility index (Phi) is 3.73. The van der Waals surface area contributed by atoms with Crippen LogP contribution >= 0.6 is 0 Å². The van der Waals surface area contributed by atoms with Crippen LogP contribution in [0.2, 0.25) is 0 Å². The average molecular weight is 272 g/mol. The van der Waals surface area contributed by atoms with Gasteiger partial charge in [0.25, 0.3) is 0 Å². The zero-order chi connectivity index (χ0) is 13.9. The van der Waals surface area contributed by atoms with Crippen molar-refractivity contribution in [1.82, 2.24) is 10.1 Å². The second kappa shape index (κ2) is 5.29. The first-order valence-electron chi connectivity index (χ1n) is 5.59. The van der Waals surface area contributed by atoms with Gasteiger partial charge in [0.1, 0.15) is 5.75 Å². The molecule has 0 aliphatic heterocycles. The Morgan fingerprint density at radius 3 is 2.63 bits per heavy atom. The molecule has 0 radical (unpaired) electrons. The molecule has 1 aromatic carbocycles. The number of halogens is 3. The summed E-state index contributed by atoms with van der Waals surface area (Å²) in [6.45, 7) is 0. The molecule has 102 valence electrons. The number of rotatable bonds is 4. The quantitative estimate of drug-likeness (QED) is 0.929. The number of nitrogens with zero attached hydrogens (tertiary/aromatic N) is 2. The first-order valence-corrected chi connectivity index (χ1v) is 5.59. The third-order valence-corrected chi connectivity index (χ3v) is 2.48. The molecule has 1 N–H and O–H groups in total. The Labute approximate surface area is 106 Å². The van der Waals surface area contributed by atoms with E-state index in [2.05, 4.69) is 10.1 Å². The summed E-state index contributed by atoms with van der Waals surface area (Å²) in [5.74, 6) is 0.277. The van der Waals surface area contributed by atoms with Gasteiger partial charge in [0, 0.05) is 12.0 Å². The lowest BCUT2D eigenvalue weighted by atomic mass is 10.1. The topological polar surface area (TPSA) is 59.2 Å². The van der Waals surface area contributed by atoms with E-state index in [9.17, 15) is 18.3 Å². The van der Waals surface area contributed by atoms with Gasteiger partial charge in [0.05, 0.1) is 12.8 Å². The van der Waals surface area contributed by atoms with E-state index in [1.54, 1.807) is 18.2 Å². The Morgan fingerprint density at radius 1 is 1.21 bits per heavy atom. The molecule has 0 spiro atoms. The fourth-order valence-corrected chi connectivity index (χ4v) is 1.54. The van der Waals surface area contributed by atoms with Crippen LogP contribution in [0.4, 0.5) is 13.2 Å². The third kappa shape index (κ3) is 3.97. The number of alkyl halides is 3. The molecule has 1 heterocycles. The van der Waals surface area contributed by atoms with Crippen molar-refractivity contribution in [1.29, 1.82) is 0 Å². The summed E-state index contributed by atoms with van der Waals surface area (Å²) >= 11 is 0. The number of aryl methyl sites for hydroxylation is 1. The van der Waals surface area contributed by atoms with Crippen LogP contribution in [0.25, 0.3) is 0 Å². The summed E-state index contributed by atoms with van der Waals surface area (Å²) in [6, 6.07) is 6.59. The van der Waals surface area contributed by atoms with Crippen molar-refractivity contribution in [2.45, 2.75) is 25.4 Å². The molecule has 19 heavy (non-hydrogen) atoms. The minimum Gasteiger partial charge on any atom is -0.508 e. The molecule has 0 unspecified atom stereocenters. The van der Waals surface area contributed by atoms with Gasteiger partial charge in [-0.15, -0.1) is 0 Å². The van der Waals surface area contributed by atoms with Crippen molar-refractivity contribution < 1.29 is 22.8 Å². The molecular formula is C12H11F3N2O2. The Hall–Kier alpha value is -2.05. The van der Waals surface area contributed by atoms with Gasteiger partial charge in [-0.2, -0.15) is 18.2 Å².